The quantitative estimate of drug-likeness (QED) is 0.840. The van der Waals surface area contributed by atoms with E-state index in [1.54, 1.807) is 0 Å². The molecule has 2 heterocycles. The summed E-state index contributed by atoms with van der Waals surface area (Å²) < 4.78 is 38.9. The number of aliphatic hydroxyl groups is 1. The SMILES string of the molecule is N#Cc1ccc(C(F)(F)F)cc1C1(O)CC2CCCC(C1)S2. The zero-order chi connectivity index (χ0) is 16.0. The van der Waals surface area contributed by atoms with Crippen LogP contribution in [0.25, 0.3) is 0 Å². The number of nitrogens with zero attached hydrogens (tertiary/aromatic N) is 1. The summed E-state index contributed by atoms with van der Waals surface area (Å²) in [4.78, 5) is 0. The summed E-state index contributed by atoms with van der Waals surface area (Å²) in [5.41, 5.74) is -1.85. The van der Waals surface area contributed by atoms with Crippen LogP contribution in [-0.4, -0.2) is 15.6 Å². The molecule has 22 heavy (non-hydrogen) atoms. The zero-order valence-corrected chi connectivity index (χ0v) is 12.7. The van der Waals surface area contributed by atoms with Crippen molar-refractivity contribution in [2.24, 2.45) is 0 Å². The van der Waals surface area contributed by atoms with Gasteiger partial charge in [0.15, 0.2) is 0 Å². The summed E-state index contributed by atoms with van der Waals surface area (Å²) in [6.07, 6.45) is -0.576. The fourth-order valence-electron chi connectivity index (χ4n) is 3.54. The van der Waals surface area contributed by atoms with Gasteiger partial charge in [-0.25, -0.2) is 0 Å². The van der Waals surface area contributed by atoms with Crippen LogP contribution in [-0.2, 0) is 11.8 Å². The second-order valence-electron chi connectivity index (χ2n) is 6.12. The molecule has 0 saturated carbocycles. The Hall–Kier alpha value is -1.19. The molecular weight excluding hydrogens is 311 g/mol. The first-order valence-corrected chi connectivity index (χ1v) is 8.26. The highest BCUT2D eigenvalue weighted by molar-refractivity contribution is 8.00. The van der Waals surface area contributed by atoms with Gasteiger partial charge in [-0.2, -0.15) is 30.2 Å². The Labute approximate surface area is 131 Å². The van der Waals surface area contributed by atoms with Crippen LogP contribution in [0.3, 0.4) is 0 Å². The first-order chi connectivity index (χ1) is 10.3. The highest BCUT2D eigenvalue weighted by atomic mass is 32.2. The van der Waals surface area contributed by atoms with E-state index in [4.69, 9.17) is 0 Å². The molecule has 2 nitrogen and oxygen atoms in total. The molecule has 1 aromatic carbocycles. The maximum atomic E-state index is 13.0. The third kappa shape index (κ3) is 2.84. The normalized spacial score (nSPS) is 31.6. The second kappa shape index (κ2) is 5.47. The third-order valence-corrected chi connectivity index (χ3v) is 6.11. The van der Waals surface area contributed by atoms with Crippen LogP contribution in [0.4, 0.5) is 13.2 Å². The molecule has 0 aliphatic carbocycles. The van der Waals surface area contributed by atoms with Crippen molar-refractivity contribution < 1.29 is 18.3 Å². The van der Waals surface area contributed by atoms with Crippen LogP contribution in [0.5, 0.6) is 0 Å². The summed E-state index contributed by atoms with van der Waals surface area (Å²) in [6, 6.07) is 4.97. The zero-order valence-electron chi connectivity index (χ0n) is 11.9. The topological polar surface area (TPSA) is 44.0 Å². The van der Waals surface area contributed by atoms with Gasteiger partial charge in [-0.3, -0.25) is 0 Å². The molecule has 0 spiro atoms. The van der Waals surface area contributed by atoms with E-state index in [1.807, 2.05) is 17.8 Å². The van der Waals surface area contributed by atoms with Crippen molar-refractivity contribution in [2.45, 2.75) is 54.4 Å². The molecule has 2 fully saturated rings. The number of alkyl halides is 3. The predicted octanol–water partition coefficient (Wildman–Crippen LogP) is 4.21. The number of hydrogen-bond donors (Lipinski definition) is 1. The molecule has 2 saturated heterocycles. The van der Waals surface area contributed by atoms with Crippen molar-refractivity contribution in [3.63, 3.8) is 0 Å². The number of thioether (sulfide) groups is 1. The van der Waals surface area contributed by atoms with Crippen molar-refractivity contribution in [2.75, 3.05) is 0 Å². The molecule has 1 N–H and O–H groups in total. The smallest absolute Gasteiger partial charge is 0.385 e. The third-order valence-electron chi connectivity index (χ3n) is 4.54. The lowest BCUT2D eigenvalue weighted by Gasteiger charge is -2.44. The van der Waals surface area contributed by atoms with Crippen LogP contribution in [0, 0.1) is 11.3 Å². The fraction of sp³-hybridized carbons (Fsp3) is 0.562. The average molecular weight is 327 g/mol. The van der Waals surface area contributed by atoms with E-state index in [1.165, 1.54) is 6.07 Å². The number of hydrogen-bond acceptors (Lipinski definition) is 3. The lowest BCUT2D eigenvalue weighted by Crippen LogP contribution is -2.41. The van der Waals surface area contributed by atoms with E-state index in [9.17, 15) is 23.5 Å². The molecule has 0 amide bonds. The predicted molar refractivity (Wildman–Crippen MR) is 78.3 cm³/mol. The number of fused-ring (bicyclic) bond motifs is 2. The van der Waals surface area contributed by atoms with Gasteiger partial charge in [0.2, 0.25) is 0 Å². The van der Waals surface area contributed by atoms with E-state index in [2.05, 4.69) is 0 Å². The first-order valence-electron chi connectivity index (χ1n) is 7.31. The van der Waals surface area contributed by atoms with E-state index in [0.717, 1.165) is 31.4 Å². The van der Waals surface area contributed by atoms with E-state index < -0.39 is 17.3 Å². The minimum absolute atomic E-state index is 0.139. The fourth-order valence-corrected chi connectivity index (χ4v) is 5.44. The molecule has 0 aromatic heterocycles. The number of benzene rings is 1. The van der Waals surface area contributed by atoms with Gasteiger partial charge in [0.1, 0.15) is 0 Å². The van der Waals surface area contributed by atoms with Gasteiger partial charge in [0.05, 0.1) is 22.8 Å². The molecule has 2 aliphatic rings. The molecule has 1 aromatic rings. The monoisotopic (exact) mass is 327 g/mol. The summed E-state index contributed by atoms with van der Waals surface area (Å²) >= 11 is 1.83. The standard InChI is InChI=1S/C16H16F3NOS/c17-16(18,19)11-5-4-10(9-20)14(6-11)15(21)7-12-2-1-3-13(8-15)22-12/h4-6,12-13,21H,1-3,7-8H2. The van der Waals surface area contributed by atoms with Crippen LogP contribution in [0.1, 0.15) is 48.8 Å². The molecule has 2 unspecified atom stereocenters. The lowest BCUT2D eigenvalue weighted by molar-refractivity contribution is -0.137. The largest absolute Gasteiger partial charge is 0.416 e. The van der Waals surface area contributed by atoms with Gasteiger partial charge in [-0.15, -0.1) is 0 Å². The maximum absolute atomic E-state index is 13.0. The van der Waals surface area contributed by atoms with Gasteiger partial charge in [0.25, 0.3) is 0 Å². The Kier molecular flexibility index (Phi) is 3.90. The Morgan fingerprint density at radius 2 is 1.86 bits per heavy atom. The van der Waals surface area contributed by atoms with Crippen LogP contribution in [0.15, 0.2) is 18.2 Å². The van der Waals surface area contributed by atoms with Crippen molar-refractivity contribution in [1.82, 2.24) is 0 Å². The Balaban J connectivity index is 2.04. The van der Waals surface area contributed by atoms with Crippen molar-refractivity contribution in [3.8, 4) is 6.07 Å². The van der Waals surface area contributed by atoms with E-state index in [0.29, 0.717) is 12.8 Å². The van der Waals surface area contributed by atoms with Crippen LogP contribution < -0.4 is 0 Å². The first kappa shape index (κ1) is 15.7. The molecule has 0 radical (unpaired) electrons. The van der Waals surface area contributed by atoms with Gasteiger partial charge >= 0.3 is 6.18 Å². The van der Waals surface area contributed by atoms with E-state index >= 15 is 0 Å². The van der Waals surface area contributed by atoms with Gasteiger partial charge in [-0.05, 0) is 43.9 Å². The summed E-state index contributed by atoms with van der Waals surface area (Å²) in [5.74, 6) is 0. The molecule has 2 aliphatic heterocycles. The van der Waals surface area contributed by atoms with Gasteiger partial charge in [0, 0.05) is 16.1 Å². The second-order valence-corrected chi connectivity index (χ2v) is 7.73. The highest BCUT2D eigenvalue weighted by Crippen LogP contribution is 2.50. The minimum Gasteiger partial charge on any atom is -0.385 e. The Bertz CT molecular complexity index is 611. The molecule has 3 rings (SSSR count). The van der Waals surface area contributed by atoms with Crippen molar-refractivity contribution in [3.05, 3.63) is 34.9 Å². The summed E-state index contributed by atoms with van der Waals surface area (Å²) in [7, 11) is 0. The molecule has 2 atom stereocenters. The summed E-state index contributed by atoms with van der Waals surface area (Å²) in [5, 5.41) is 20.8. The minimum atomic E-state index is -4.47. The van der Waals surface area contributed by atoms with E-state index in [-0.39, 0.29) is 21.6 Å². The molecule has 2 bridgehead atoms. The van der Waals surface area contributed by atoms with Gasteiger partial charge < -0.3 is 5.11 Å². The number of rotatable bonds is 1. The highest BCUT2D eigenvalue weighted by Gasteiger charge is 2.44. The number of nitriles is 1. The van der Waals surface area contributed by atoms with Crippen molar-refractivity contribution in [1.29, 1.82) is 5.26 Å². The molecule has 118 valence electrons. The maximum Gasteiger partial charge on any atom is 0.416 e. The van der Waals surface area contributed by atoms with Crippen LogP contribution >= 0.6 is 11.8 Å². The Morgan fingerprint density at radius 1 is 1.23 bits per heavy atom. The van der Waals surface area contributed by atoms with Crippen LogP contribution in [0.2, 0.25) is 0 Å². The van der Waals surface area contributed by atoms with Gasteiger partial charge in [-0.1, -0.05) is 6.42 Å². The molecule has 6 heteroatoms. The Morgan fingerprint density at radius 3 is 2.41 bits per heavy atom. The lowest BCUT2D eigenvalue weighted by atomic mass is 9.78. The molecular formula is C16H16F3NOS. The number of halogens is 3. The average Bonchev–Trinajstić information content (AvgIpc) is 2.45. The summed E-state index contributed by atoms with van der Waals surface area (Å²) in [6.45, 7) is 0. The van der Waals surface area contributed by atoms with Crippen molar-refractivity contribution >= 4 is 11.8 Å².